The second kappa shape index (κ2) is 5.75. The van der Waals surface area contributed by atoms with Crippen LogP contribution in [0.2, 0.25) is 0 Å². The van der Waals surface area contributed by atoms with E-state index in [1.807, 2.05) is 19.1 Å². The summed E-state index contributed by atoms with van der Waals surface area (Å²) in [4.78, 5) is 37.9. The summed E-state index contributed by atoms with van der Waals surface area (Å²) < 4.78 is 5.92. The number of hydrogen-bond acceptors (Lipinski definition) is 4. The Morgan fingerprint density at radius 3 is 2.72 bits per heavy atom. The van der Waals surface area contributed by atoms with Crippen molar-refractivity contribution in [1.29, 1.82) is 0 Å². The Morgan fingerprint density at radius 1 is 1.28 bits per heavy atom. The number of urea groups is 1. The van der Waals surface area contributed by atoms with Gasteiger partial charge in [-0.1, -0.05) is 17.7 Å². The summed E-state index contributed by atoms with van der Waals surface area (Å²) in [6.45, 7) is 2.92. The van der Waals surface area contributed by atoms with Crippen LogP contribution in [0.3, 0.4) is 0 Å². The molecular formula is C18H21N3O4. The maximum Gasteiger partial charge on any atom is 0.322 e. The summed E-state index contributed by atoms with van der Waals surface area (Å²) in [5, 5.41) is 4.99. The lowest BCUT2D eigenvalue weighted by Crippen LogP contribution is -2.57. The molecule has 4 rings (SSSR count). The Kier molecular flexibility index (Phi) is 3.67. The van der Waals surface area contributed by atoms with Crippen molar-refractivity contribution in [3.63, 3.8) is 0 Å². The lowest BCUT2D eigenvalue weighted by Gasteiger charge is -2.38. The summed E-state index contributed by atoms with van der Waals surface area (Å²) in [6, 6.07) is 5.56. The molecule has 1 aromatic rings. The molecule has 0 radical (unpaired) electrons. The molecule has 2 saturated heterocycles. The van der Waals surface area contributed by atoms with Crippen LogP contribution < -0.4 is 15.4 Å². The van der Waals surface area contributed by atoms with E-state index in [-0.39, 0.29) is 11.8 Å². The zero-order valence-corrected chi connectivity index (χ0v) is 14.1. The van der Waals surface area contributed by atoms with Crippen LogP contribution in [0.25, 0.3) is 0 Å². The number of imide groups is 1. The second-order valence-corrected chi connectivity index (χ2v) is 7.07. The molecule has 0 saturated carbocycles. The van der Waals surface area contributed by atoms with E-state index < -0.39 is 17.7 Å². The first-order chi connectivity index (χ1) is 12.0. The number of amides is 4. The highest BCUT2D eigenvalue weighted by Crippen LogP contribution is 2.31. The maximum atomic E-state index is 12.8. The van der Waals surface area contributed by atoms with Crippen LogP contribution in [0.15, 0.2) is 18.2 Å². The molecule has 7 heteroatoms. The Morgan fingerprint density at radius 2 is 2.04 bits per heavy atom. The van der Waals surface area contributed by atoms with Crippen molar-refractivity contribution in [3.05, 3.63) is 29.3 Å². The number of benzene rings is 1. The molecule has 2 fully saturated rings. The fraction of sp³-hybridized carbons (Fsp3) is 0.500. The van der Waals surface area contributed by atoms with E-state index in [0.717, 1.165) is 17.7 Å². The highest BCUT2D eigenvalue weighted by molar-refractivity contribution is 6.07. The predicted molar refractivity (Wildman–Crippen MR) is 89.1 cm³/mol. The minimum atomic E-state index is -0.856. The average molecular weight is 343 g/mol. The number of ether oxygens (including phenoxy) is 1. The molecule has 3 aliphatic rings. The third-order valence-corrected chi connectivity index (χ3v) is 5.38. The molecule has 7 nitrogen and oxygen atoms in total. The number of aryl methyl sites for hydroxylation is 2. The van der Waals surface area contributed by atoms with Crippen LogP contribution in [0.4, 0.5) is 4.79 Å². The van der Waals surface area contributed by atoms with Gasteiger partial charge in [0.2, 0.25) is 0 Å². The van der Waals surface area contributed by atoms with Gasteiger partial charge in [0.05, 0.1) is 0 Å². The number of nitrogens with zero attached hydrogens (tertiary/aromatic N) is 1. The number of carbonyl (C=O) groups is 3. The van der Waals surface area contributed by atoms with Crippen molar-refractivity contribution < 1.29 is 19.1 Å². The summed E-state index contributed by atoms with van der Waals surface area (Å²) >= 11 is 0. The summed E-state index contributed by atoms with van der Waals surface area (Å²) in [5.41, 5.74) is 1.48. The van der Waals surface area contributed by atoms with Gasteiger partial charge in [0.1, 0.15) is 11.3 Å². The smallest absolute Gasteiger partial charge is 0.322 e. The van der Waals surface area contributed by atoms with Crippen LogP contribution in [-0.2, 0) is 16.0 Å². The number of likely N-dealkylation sites (tertiary alicyclic amines) is 1. The van der Waals surface area contributed by atoms with E-state index in [1.54, 1.807) is 4.90 Å². The van der Waals surface area contributed by atoms with Gasteiger partial charge in [-0.05, 0) is 44.2 Å². The largest absolute Gasteiger partial charge is 0.480 e. The van der Waals surface area contributed by atoms with Gasteiger partial charge < -0.3 is 15.0 Å². The first-order valence-electron chi connectivity index (χ1n) is 8.65. The molecule has 1 spiro atoms. The molecule has 3 heterocycles. The van der Waals surface area contributed by atoms with E-state index in [2.05, 4.69) is 16.7 Å². The Hall–Kier alpha value is -2.57. The minimum absolute atomic E-state index is 0.0363. The summed E-state index contributed by atoms with van der Waals surface area (Å²) in [6.07, 6.45) is 1.87. The number of rotatable bonds is 1. The Balaban J connectivity index is 1.41. The standard InChI is InChI=1S/C18H21N3O4/c1-11-2-4-13-12(10-11)3-5-14(25-13)15(22)21-8-6-18(7-9-21)16(23)19-17(24)20-18/h2,4,10,14H,3,5-9H2,1H3,(H2,19,20,23,24). The topological polar surface area (TPSA) is 87.7 Å². The van der Waals surface area contributed by atoms with Gasteiger partial charge in [0.15, 0.2) is 6.10 Å². The lowest BCUT2D eigenvalue weighted by molar-refractivity contribution is -0.142. The van der Waals surface area contributed by atoms with E-state index in [1.165, 1.54) is 5.56 Å². The monoisotopic (exact) mass is 343 g/mol. The van der Waals surface area contributed by atoms with Crippen LogP contribution in [0.1, 0.15) is 30.4 Å². The van der Waals surface area contributed by atoms with Gasteiger partial charge in [-0.3, -0.25) is 14.9 Å². The van der Waals surface area contributed by atoms with E-state index in [9.17, 15) is 14.4 Å². The van der Waals surface area contributed by atoms with Crippen molar-refractivity contribution in [3.8, 4) is 5.75 Å². The molecule has 1 unspecified atom stereocenters. The summed E-state index contributed by atoms with van der Waals surface area (Å²) in [7, 11) is 0. The molecule has 25 heavy (non-hydrogen) atoms. The molecule has 1 atom stereocenters. The quantitative estimate of drug-likeness (QED) is 0.742. The number of hydrogen-bond donors (Lipinski definition) is 2. The molecule has 2 N–H and O–H groups in total. The Labute approximate surface area is 145 Å². The van der Waals surface area contributed by atoms with E-state index in [4.69, 9.17) is 4.74 Å². The second-order valence-electron chi connectivity index (χ2n) is 7.07. The van der Waals surface area contributed by atoms with Crippen LogP contribution in [0, 0.1) is 6.92 Å². The highest BCUT2D eigenvalue weighted by atomic mass is 16.5. The molecule has 0 aromatic heterocycles. The molecule has 3 aliphatic heterocycles. The van der Waals surface area contributed by atoms with Crippen molar-refractivity contribution in [2.24, 2.45) is 0 Å². The van der Waals surface area contributed by atoms with Gasteiger partial charge in [-0.2, -0.15) is 0 Å². The zero-order chi connectivity index (χ0) is 17.6. The van der Waals surface area contributed by atoms with Crippen molar-refractivity contribution in [2.45, 2.75) is 44.2 Å². The fourth-order valence-corrected chi connectivity index (χ4v) is 3.88. The van der Waals surface area contributed by atoms with Crippen molar-refractivity contribution >= 4 is 17.8 Å². The Bertz CT molecular complexity index is 753. The number of carbonyl (C=O) groups excluding carboxylic acids is 3. The number of nitrogens with one attached hydrogen (secondary N) is 2. The third-order valence-electron chi connectivity index (χ3n) is 5.38. The minimum Gasteiger partial charge on any atom is -0.480 e. The van der Waals surface area contributed by atoms with E-state index >= 15 is 0 Å². The lowest BCUT2D eigenvalue weighted by atomic mass is 9.87. The molecule has 1 aromatic carbocycles. The number of piperidine rings is 1. The van der Waals surface area contributed by atoms with Crippen LogP contribution in [0.5, 0.6) is 5.75 Å². The fourth-order valence-electron chi connectivity index (χ4n) is 3.88. The first kappa shape index (κ1) is 15.9. The van der Waals surface area contributed by atoms with Crippen molar-refractivity contribution in [1.82, 2.24) is 15.5 Å². The first-order valence-corrected chi connectivity index (χ1v) is 8.65. The third kappa shape index (κ3) is 2.73. The molecular weight excluding hydrogens is 322 g/mol. The summed E-state index contributed by atoms with van der Waals surface area (Å²) in [5.74, 6) is 0.458. The zero-order valence-electron chi connectivity index (χ0n) is 14.1. The molecule has 0 aliphatic carbocycles. The van der Waals surface area contributed by atoms with E-state index in [0.29, 0.717) is 32.4 Å². The maximum absolute atomic E-state index is 12.8. The van der Waals surface area contributed by atoms with Gasteiger partial charge in [0.25, 0.3) is 11.8 Å². The normalized spacial score (nSPS) is 24.4. The van der Waals surface area contributed by atoms with Crippen LogP contribution >= 0.6 is 0 Å². The SMILES string of the molecule is Cc1ccc2c(c1)CCC(C(=O)N1CCC3(CC1)NC(=O)NC3=O)O2. The van der Waals surface area contributed by atoms with Crippen molar-refractivity contribution in [2.75, 3.05) is 13.1 Å². The molecule has 0 bridgehead atoms. The van der Waals surface area contributed by atoms with Gasteiger partial charge in [-0.25, -0.2) is 4.79 Å². The van der Waals surface area contributed by atoms with Gasteiger partial charge >= 0.3 is 6.03 Å². The van der Waals surface area contributed by atoms with Crippen LogP contribution in [-0.4, -0.2) is 47.5 Å². The predicted octanol–water partition coefficient (Wildman–Crippen LogP) is 0.889. The average Bonchev–Trinajstić information content (AvgIpc) is 2.87. The highest BCUT2D eigenvalue weighted by Gasteiger charge is 2.49. The van der Waals surface area contributed by atoms with Gasteiger partial charge in [-0.15, -0.1) is 0 Å². The van der Waals surface area contributed by atoms with Gasteiger partial charge in [0, 0.05) is 13.1 Å². The molecule has 4 amide bonds. The number of fused-ring (bicyclic) bond motifs is 1. The molecule has 132 valence electrons.